The van der Waals surface area contributed by atoms with Gasteiger partial charge in [0.2, 0.25) is 11.7 Å². The topological polar surface area (TPSA) is 89.6 Å². The molecule has 0 radical (unpaired) electrons. The van der Waals surface area contributed by atoms with Gasteiger partial charge in [-0.3, -0.25) is 9.59 Å². The fourth-order valence-corrected chi connectivity index (χ4v) is 4.03. The molecule has 1 atom stereocenters. The van der Waals surface area contributed by atoms with Crippen molar-refractivity contribution in [2.24, 2.45) is 5.92 Å². The van der Waals surface area contributed by atoms with E-state index in [1.54, 1.807) is 17.2 Å². The van der Waals surface area contributed by atoms with E-state index in [0.717, 1.165) is 24.2 Å². The SMILES string of the molecule is O=C(Nc1c(C(=O)N2CCOCC2)oc2ccccc12)C1CCn2ccnc2C1. The van der Waals surface area contributed by atoms with Crippen molar-refractivity contribution in [3.63, 3.8) is 0 Å². The van der Waals surface area contributed by atoms with Crippen LogP contribution in [0.5, 0.6) is 0 Å². The number of imidazole rings is 1. The molecule has 1 N–H and O–H groups in total. The molecule has 150 valence electrons. The predicted molar refractivity (Wildman–Crippen MR) is 106 cm³/mol. The van der Waals surface area contributed by atoms with Crippen molar-refractivity contribution in [1.29, 1.82) is 0 Å². The van der Waals surface area contributed by atoms with Crippen molar-refractivity contribution in [2.45, 2.75) is 19.4 Å². The number of ether oxygens (including phenoxy) is 1. The third-order valence-corrected chi connectivity index (χ3v) is 5.66. The van der Waals surface area contributed by atoms with Crippen LogP contribution in [0.3, 0.4) is 0 Å². The van der Waals surface area contributed by atoms with Crippen LogP contribution in [-0.4, -0.2) is 52.6 Å². The van der Waals surface area contributed by atoms with Crippen LogP contribution in [0.2, 0.25) is 0 Å². The van der Waals surface area contributed by atoms with Gasteiger partial charge >= 0.3 is 0 Å². The lowest BCUT2D eigenvalue weighted by molar-refractivity contribution is -0.120. The van der Waals surface area contributed by atoms with Crippen LogP contribution in [0.15, 0.2) is 41.1 Å². The minimum atomic E-state index is -0.223. The van der Waals surface area contributed by atoms with Crippen molar-refractivity contribution >= 4 is 28.5 Å². The minimum absolute atomic E-state index is 0.109. The van der Waals surface area contributed by atoms with E-state index in [2.05, 4.69) is 14.9 Å². The van der Waals surface area contributed by atoms with E-state index in [4.69, 9.17) is 9.15 Å². The zero-order valence-electron chi connectivity index (χ0n) is 16.0. The Morgan fingerprint density at radius 3 is 2.83 bits per heavy atom. The maximum atomic E-state index is 13.1. The van der Waals surface area contributed by atoms with Crippen LogP contribution in [0, 0.1) is 5.92 Å². The maximum absolute atomic E-state index is 13.1. The number of morpholine rings is 1. The van der Waals surface area contributed by atoms with E-state index < -0.39 is 0 Å². The van der Waals surface area contributed by atoms with Crippen molar-refractivity contribution in [2.75, 3.05) is 31.6 Å². The quantitative estimate of drug-likeness (QED) is 0.736. The van der Waals surface area contributed by atoms with Crippen molar-refractivity contribution in [3.05, 3.63) is 48.2 Å². The average Bonchev–Trinajstić information content (AvgIpc) is 3.38. The standard InChI is InChI=1S/C21H22N4O4/c26-20(14-5-7-24-8-6-22-17(24)13-14)23-18-15-3-1-2-4-16(15)29-19(18)21(27)25-9-11-28-12-10-25/h1-4,6,8,14H,5,7,9-13H2,(H,23,26). The lowest BCUT2D eigenvalue weighted by atomic mass is 9.96. The van der Waals surface area contributed by atoms with Crippen LogP contribution in [0.4, 0.5) is 5.69 Å². The highest BCUT2D eigenvalue weighted by atomic mass is 16.5. The number of nitrogens with one attached hydrogen (secondary N) is 1. The predicted octanol–water partition coefficient (Wildman–Crippen LogP) is 2.30. The first-order valence-corrected chi connectivity index (χ1v) is 9.90. The molecule has 2 aromatic heterocycles. The molecule has 1 saturated heterocycles. The summed E-state index contributed by atoms with van der Waals surface area (Å²) in [4.78, 5) is 32.2. The molecule has 1 unspecified atom stereocenters. The van der Waals surface area contributed by atoms with Gasteiger partial charge in [-0.05, 0) is 18.6 Å². The number of hydrogen-bond acceptors (Lipinski definition) is 5. The molecule has 0 bridgehead atoms. The second-order valence-electron chi connectivity index (χ2n) is 7.42. The number of anilines is 1. The molecule has 29 heavy (non-hydrogen) atoms. The van der Waals surface area contributed by atoms with Gasteiger partial charge in [0.15, 0.2) is 0 Å². The number of aryl methyl sites for hydroxylation is 1. The molecule has 3 aromatic rings. The highest BCUT2D eigenvalue weighted by Crippen LogP contribution is 2.33. The van der Waals surface area contributed by atoms with Gasteiger partial charge in [-0.1, -0.05) is 12.1 Å². The normalized spacial score (nSPS) is 19.2. The number of para-hydroxylation sites is 1. The number of furan rings is 1. The van der Waals surface area contributed by atoms with E-state index in [-0.39, 0.29) is 23.5 Å². The van der Waals surface area contributed by atoms with Gasteiger partial charge in [0.05, 0.1) is 13.2 Å². The number of hydrogen-bond donors (Lipinski definition) is 1. The van der Waals surface area contributed by atoms with E-state index >= 15 is 0 Å². The second kappa shape index (κ2) is 7.36. The highest BCUT2D eigenvalue weighted by molar-refractivity contribution is 6.11. The zero-order valence-corrected chi connectivity index (χ0v) is 16.0. The number of carbonyl (C=O) groups excluding carboxylic acids is 2. The maximum Gasteiger partial charge on any atom is 0.291 e. The summed E-state index contributed by atoms with van der Waals surface area (Å²) in [6.45, 7) is 2.78. The summed E-state index contributed by atoms with van der Waals surface area (Å²) in [5.74, 6) is 0.572. The lowest BCUT2D eigenvalue weighted by Gasteiger charge is -2.26. The van der Waals surface area contributed by atoms with E-state index in [9.17, 15) is 9.59 Å². The Bertz CT molecular complexity index is 1060. The molecule has 2 amide bonds. The number of benzene rings is 1. The lowest BCUT2D eigenvalue weighted by Crippen LogP contribution is -2.41. The van der Waals surface area contributed by atoms with Gasteiger partial charge in [0, 0.05) is 49.8 Å². The van der Waals surface area contributed by atoms with Crippen LogP contribution >= 0.6 is 0 Å². The molecule has 1 aromatic carbocycles. The first kappa shape index (κ1) is 17.9. The first-order chi connectivity index (χ1) is 14.2. The number of carbonyl (C=O) groups is 2. The number of amides is 2. The molecule has 1 fully saturated rings. The van der Waals surface area contributed by atoms with Gasteiger partial charge in [-0.2, -0.15) is 0 Å². The third-order valence-electron chi connectivity index (χ3n) is 5.66. The Kier molecular flexibility index (Phi) is 4.55. The number of rotatable bonds is 3. The molecule has 2 aliphatic rings. The van der Waals surface area contributed by atoms with Crippen molar-refractivity contribution < 1.29 is 18.7 Å². The third kappa shape index (κ3) is 3.29. The summed E-state index contributed by atoms with van der Waals surface area (Å²) in [5.41, 5.74) is 1.04. The molecule has 5 rings (SSSR count). The van der Waals surface area contributed by atoms with E-state index in [1.807, 2.05) is 24.4 Å². The Labute approximate surface area is 167 Å². The Morgan fingerprint density at radius 2 is 1.97 bits per heavy atom. The molecule has 4 heterocycles. The molecule has 0 spiro atoms. The summed E-state index contributed by atoms with van der Waals surface area (Å²) in [6.07, 6.45) is 5.02. The van der Waals surface area contributed by atoms with Gasteiger partial charge in [-0.15, -0.1) is 0 Å². The summed E-state index contributed by atoms with van der Waals surface area (Å²) in [6, 6.07) is 7.38. The van der Waals surface area contributed by atoms with Gasteiger partial charge < -0.3 is 23.9 Å². The summed E-state index contributed by atoms with van der Waals surface area (Å²) in [7, 11) is 0. The number of nitrogens with zero attached hydrogens (tertiary/aromatic N) is 3. The summed E-state index contributed by atoms with van der Waals surface area (Å²) >= 11 is 0. The Hall–Kier alpha value is -3.13. The Balaban J connectivity index is 1.44. The highest BCUT2D eigenvalue weighted by Gasteiger charge is 2.30. The largest absolute Gasteiger partial charge is 0.449 e. The molecular weight excluding hydrogens is 372 g/mol. The van der Waals surface area contributed by atoms with Crippen LogP contribution in [0.1, 0.15) is 22.8 Å². The summed E-state index contributed by atoms with van der Waals surface area (Å²) in [5, 5.41) is 3.73. The first-order valence-electron chi connectivity index (χ1n) is 9.90. The zero-order chi connectivity index (χ0) is 19.8. The monoisotopic (exact) mass is 394 g/mol. The molecule has 0 aliphatic carbocycles. The molecule has 8 heteroatoms. The minimum Gasteiger partial charge on any atom is -0.449 e. The number of fused-ring (bicyclic) bond motifs is 2. The van der Waals surface area contributed by atoms with Gasteiger partial charge in [-0.25, -0.2) is 4.98 Å². The van der Waals surface area contributed by atoms with E-state index in [1.165, 1.54) is 0 Å². The van der Waals surface area contributed by atoms with Gasteiger partial charge in [0.1, 0.15) is 17.1 Å². The average molecular weight is 394 g/mol. The smallest absolute Gasteiger partial charge is 0.291 e. The Morgan fingerprint density at radius 1 is 1.14 bits per heavy atom. The fourth-order valence-electron chi connectivity index (χ4n) is 4.03. The number of aromatic nitrogens is 2. The van der Waals surface area contributed by atoms with Crippen LogP contribution in [-0.2, 0) is 22.5 Å². The van der Waals surface area contributed by atoms with Crippen LogP contribution < -0.4 is 5.32 Å². The second-order valence-corrected chi connectivity index (χ2v) is 7.42. The molecule has 0 saturated carbocycles. The van der Waals surface area contributed by atoms with Gasteiger partial charge in [0.25, 0.3) is 5.91 Å². The van der Waals surface area contributed by atoms with Crippen LogP contribution in [0.25, 0.3) is 11.0 Å². The molecule has 8 nitrogen and oxygen atoms in total. The van der Waals surface area contributed by atoms with Crippen molar-refractivity contribution in [1.82, 2.24) is 14.5 Å². The molecule has 2 aliphatic heterocycles. The molecular formula is C21H22N4O4. The van der Waals surface area contributed by atoms with E-state index in [0.29, 0.717) is 44.0 Å². The fraction of sp³-hybridized carbons (Fsp3) is 0.381. The van der Waals surface area contributed by atoms with Crippen molar-refractivity contribution in [3.8, 4) is 0 Å². The summed E-state index contributed by atoms with van der Waals surface area (Å²) < 4.78 is 13.3.